The molecule has 2 amide bonds. The lowest BCUT2D eigenvalue weighted by atomic mass is 10.1. The van der Waals surface area contributed by atoms with Crippen LogP contribution in [-0.2, 0) is 6.54 Å². The molecule has 0 saturated heterocycles. The third kappa shape index (κ3) is 4.43. The zero-order chi connectivity index (χ0) is 21.8. The molecule has 0 atom stereocenters. The first-order valence-electron chi connectivity index (χ1n) is 9.95. The average molecular weight is 413 g/mol. The third-order valence-corrected chi connectivity index (χ3v) is 5.04. The molecule has 0 saturated carbocycles. The van der Waals surface area contributed by atoms with Gasteiger partial charge in [-0.2, -0.15) is 0 Å². The predicted octanol–water partition coefficient (Wildman–Crippen LogP) is 4.67. The maximum atomic E-state index is 13.0. The summed E-state index contributed by atoms with van der Waals surface area (Å²) in [6.45, 7) is 2.39. The van der Waals surface area contributed by atoms with Gasteiger partial charge in [-0.15, -0.1) is 0 Å². The summed E-state index contributed by atoms with van der Waals surface area (Å²) in [6, 6.07) is 22.2. The quantitative estimate of drug-likeness (QED) is 0.430. The first kappa shape index (κ1) is 20.2. The van der Waals surface area contributed by atoms with Gasteiger partial charge in [0.05, 0.1) is 12.8 Å². The molecule has 0 aliphatic rings. The zero-order valence-electron chi connectivity index (χ0n) is 17.4. The summed E-state index contributed by atoms with van der Waals surface area (Å²) >= 11 is 0. The lowest BCUT2D eigenvalue weighted by Gasteiger charge is -2.09. The van der Waals surface area contributed by atoms with Crippen molar-refractivity contribution in [2.24, 2.45) is 0 Å². The Balaban J connectivity index is 1.67. The Labute approximate surface area is 180 Å². The molecule has 4 aromatic rings. The Morgan fingerprint density at radius 3 is 2.48 bits per heavy atom. The summed E-state index contributed by atoms with van der Waals surface area (Å²) in [6.07, 6.45) is 0. The molecule has 0 bridgehead atoms. The second-order valence-electron chi connectivity index (χ2n) is 7.28. The first-order valence-corrected chi connectivity index (χ1v) is 9.95. The minimum absolute atomic E-state index is 0.292. The molecular weight excluding hydrogens is 390 g/mol. The van der Waals surface area contributed by atoms with Gasteiger partial charge in [0.15, 0.2) is 0 Å². The number of hydrogen-bond donors (Lipinski definition) is 3. The van der Waals surface area contributed by atoms with Gasteiger partial charge in [-0.1, -0.05) is 48.0 Å². The van der Waals surface area contributed by atoms with Crippen LogP contribution in [0.1, 0.15) is 32.0 Å². The fourth-order valence-corrected chi connectivity index (χ4v) is 3.47. The second kappa shape index (κ2) is 8.75. The van der Waals surface area contributed by atoms with Gasteiger partial charge in [0, 0.05) is 23.0 Å². The highest BCUT2D eigenvalue weighted by Gasteiger charge is 2.20. The van der Waals surface area contributed by atoms with Crippen molar-refractivity contribution in [1.29, 1.82) is 0 Å². The highest BCUT2D eigenvalue weighted by Crippen LogP contribution is 2.31. The molecule has 6 nitrogen and oxygen atoms in total. The van der Waals surface area contributed by atoms with Crippen molar-refractivity contribution in [3.05, 3.63) is 95.2 Å². The van der Waals surface area contributed by atoms with E-state index in [-0.39, 0.29) is 11.8 Å². The molecule has 1 aromatic heterocycles. The number of nitrogens with one attached hydrogen (secondary N) is 3. The summed E-state index contributed by atoms with van der Waals surface area (Å²) in [4.78, 5) is 29.0. The first-order chi connectivity index (χ1) is 15.0. The van der Waals surface area contributed by atoms with E-state index in [2.05, 4.69) is 15.6 Å². The molecule has 31 heavy (non-hydrogen) atoms. The second-order valence-corrected chi connectivity index (χ2v) is 7.28. The minimum Gasteiger partial charge on any atom is -0.497 e. The highest BCUT2D eigenvalue weighted by molar-refractivity contribution is 6.15. The van der Waals surface area contributed by atoms with Crippen LogP contribution >= 0.6 is 0 Å². The Morgan fingerprint density at radius 2 is 1.74 bits per heavy atom. The lowest BCUT2D eigenvalue weighted by molar-refractivity contribution is 0.0947. The summed E-state index contributed by atoms with van der Waals surface area (Å²) in [7, 11) is 1.57. The van der Waals surface area contributed by atoms with Crippen LogP contribution in [0.2, 0.25) is 0 Å². The fraction of sp³-hybridized carbons (Fsp3) is 0.120. The smallest absolute Gasteiger partial charge is 0.270 e. The van der Waals surface area contributed by atoms with Crippen molar-refractivity contribution < 1.29 is 14.3 Å². The number of fused-ring (bicyclic) bond motifs is 1. The third-order valence-electron chi connectivity index (χ3n) is 5.04. The van der Waals surface area contributed by atoms with Crippen molar-refractivity contribution in [3.8, 4) is 5.75 Å². The number of benzene rings is 3. The van der Waals surface area contributed by atoms with Crippen molar-refractivity contribution in [2.45, 2.75) is 13.5 Å². The molecular formula is C25H23N3O3. The molecule has 156 valence electrons. The van der Waals surface area contributed by atoms with Gasteiger partial charge >= 0.3 is 0 Å². The molecule has 0 unspecified atom stereocenters. The van der Waals surface area contributed by atoms with Crippen LogP contribution in [0.15, 0.2) is 72.8 Å². The molecule has 3 aromatic carbocycles. The van der Waals surface area contributed by atoms with E-state index in [4.69, 9.17) is 4.74 Å². The van der Waals surface area contributed by atoms with E-state index in [1.54, 1.807) is 43.5 Å². The van der Waals surface area contributed by atoms with Crippen molar-refractivity contribution >= 4 is 28.4 Å². The molecule has 0 aliphatic heterocycles. The Hall–Kier alpha value is -4.06. The number of H-pyrrole nitrogens is 1. The van der Waals surface area contributed by atoms with Gasteiger partial charge in [-0.05, 0) is 42.8 Å². The topological polar surface area (TPSA) is 83.2 Å². The summed E-state index contributed by atoms with van der Waals surface area (Å²) in [5, 5.41) is 6.53. The molecule has 0 aliphatic carbocycles. The molecule has 0 fully saturated rings. The van der Waals surface area contributed by atoms with Gasteiger partial charge in [0.25, 0.3) is 11.8 Å². The predicted molar refractivity (Wildman–Crippen MR) is 122 cm³/mol. The normalized spacial score (nSPS) is 10.6. The summed E-state index contributed by atoms with van der Waals surface area (Å²) in [5.74, 6) is 0.0329. The van der Waals surface area contributed by atoms with E-state index in [1.165, 1.54) is 0 Å². The standard InChI is InChI=1S/C25H23N3O3/c1-16-7-6-8-17(13-16)15-26-25(30)23-22(28-24(29)18-9-4-3-5-10-18)20-14-19(31-2)11-12-21(20)27-23/h3-14,27H,15H2,1-2H3,(H,26,30)(H,28,29). The number of hydrogen-bond acceptors (Lipinski definition) is 3. The lowest BCUT2D eigenvalue weighted by Crippen LogP contribution is -2.25. The monoisotopic (exact) mass is 413 g/mol. The largest absolute Gasteiger partial charge is 0.497 e. The van der Waals surface area contributed by atoms with Gasteiger partial charge in [-0.25, -0.2) is 0 Å². The molecule has 6 heteroatoms. The Kier molecular flexibility index (Phi) is 5.71. The van der Waals surface area contributed by atoms with Crippen LogP contribution in [0.4, 0.5) is 5.69 Å². The van der Waals surface area contributed by atoms with Crippen molar-refractivity contribution in [2.75, 3.05) is 12.4 Å². The average Bonchev–Trinajstić information content (AvgIpc) is 3.15. The van der Waals surface area contributed by atoms with E-state index in [9.17, 15) is 9.59 Å². The van der Waals surface area contributed by atoms with Crippen LogP contribution in [-0.4, -0.2) is 23.9 Å². The van der Waals surface area contributed by atoms with E-state index < -0.39 is 0 Å². The number of ether oxygens (including phenoxy) is 1. The van der Waals surface area contributed by atoms with Gasteiger partial charge < -0.3 is 20.4 Å². The SMILES string of the molecule is COc1ccc2[nH]c(C(=O)NCc3cccc(C)c3)c(NC(=O)c3ccccc3)c2c1. The van der Waals surface area contributed by atoms with Crippen molar-refractivity contribution in [3.63, 3.8) is 0 Å². The number of aromatic nitrogens is 1. The van der Waals surface area contributed by atoms with E-state index in [1.807, 2.05) is 43.3 Å². The van der Waals surface area contributed by atoms with Crippen LogP contribution in [0.25, 0.3) is 10.9 Å². The van der Waals surface area contributed by atoms with Crippen molar-refractivity contribution in [1.82, 2.24) is 10.3 Å². The highest BCUT2D eigenvalue weighted by atomic mass is 16.5. The number of aryl methyl sites for hydroxylation is 1. The van der Waals surface area contributed by atoms with E-state index >= 15 is 0 Å². The molecule has 4 rings (SSSR count). The molecule has 0 spiro atoms. The van der Waals surface area contributed by atoms with E-state index in [0.717, 1.165) is 16.6 Å². The number of carbonyl (C=O) groups excluding carboxylic acids is 2. The zero-order valence-corrected chi connectivity index (χ0v) is 17.4. The summed E-state index contributed by atoms with van der Waals surface area (Å²) < 4.78 is 5.33. The maximum Gasteiger partial charge on any atom is 0.270 e. The molecule has 0 radical (unpaired) electrons. The number of carbonyl (C=O) groups is 2. The van der Waals surface area contributed by atoms with Crippen LogP contribution in [0.3, 0.4) is 0 Å². The number of anilines is 1. The molecule has 1 heterocycles. The Bertz CT molecular complexity index is 1250. The number of rotatable bonds is 6. The van der Waals surface area contributed by atoms with Gasteiger partial charge in [0.2, 0.25) is 0 Å². The molecule has 3 N–H and O–H groups in total. The number of amides is 2. The van der Waals surface area contributed by atoms with Crippen LogP contribution in [0, 0.1) is 6.92 Å². The maximum absolute atomic E-state index is 13.0. The minimum atomic E-state index is -0.306. The van der Waals surface area contributed by atoms with Gasteiger partial charge in [0.1, 0.15) is 11.4 Å². The number of aromatic amines is 1. The number of methoxy groups -OCH3 is 1. The Morgan fingerprint density at radius 1 is 0.935 bits per heavy atom. The van der Waals surface area contributed by atoms with Crippen LogP contribution < -0.4 is 15.4 Å². The van der Waals surface area contributed by atoms with E-state index in [0.29, 0.717) is 34.6 Å². The van der Waals surface area contributed by atoms with Crippen LogP contribution in [0.5, 0.6) is 5.75 Å². The van der Waals surface area contributed by atoms with Gasteiger partial charge in [-0.3, -0.25) is 9.59 Å². The fourth-order valence-electron chi connectivity index (χ4n) is 3.47. The summed E-state index contributed by atoms with van der Waals surface area (Å²) in [5.41, 5.74) is 4.07.